The van der Waals surface area contributed by atoms with Gasteiger partial charge >= 0.3 is 5.97 Å². The van der Waals surface area contributed by atoms with Gasteiger partial charge in [-0.3, -0.25) is 4.79 Å². The number of hydrogen-bond donors (Lipinski definition) is 2. The summed E-state index contributed by atoms with van der Waals surface area (Å²) in [6.45, 7) is 1.81. The zero-order chi connectivity index (χ0) is 12.0. The molecule has 1 aromatic heterocycles. The third-order valence-corrected chi connectivity index (χ3v) is 2.68. The Morgan fingerprint density at radius 1 is 1.62 bits per heavy atom. The first-order valence-electron chi connectivity index (χ1n) is 4.82. The third-order valence-electron chi connectivity index (χ3n) is 1.99. The standard InChI is InChI=1S/C11H13NO3S/c1-2-3-4-9(11(14)15)12-10(13)8-5-6-16-7-8/h2-3,5-7,9H,4H2,1H3,(H,12,13)(H,14,15)/b3-2+. The highest BCUT2D eigenvalue weighted by Gasteiger charge is 2.19. The third kappa shape index (κ3) is 3.51. The average Bonchev–Trinajstić information content (AvgIpc) is 2.76. The van der Waals surface area contributed by atoms with Crippen LogP contribution >= 0.6 is 11.3 Å². The predicted octanol–water partition coefficient (Wildman–Crippen LogP) is 1.90. The highest BCUT2D eigenvalue weighted by atomic mass is 32.1. The summed E-state index contributed by atoms with van der Waals surface area (Å²) < 4.78 is 0. The fraction of sp³-hybridized carbons (Fsp3) is 0.273. The van der Waals surface area contributed by atoms with Crippen LogP contribution in [0.2, 0.25) is 0 Å². The Bertz CT molecular complexity index is 384. The molecular weight excluding hydrogens is 226 g/mol. The molecule has 86 valence electrons. The lowest BCUT2D eigenvalue weighted by Gasteiger charge is -2.11. The largest absolute Gasteiger partial charge is 0.480 e. The first-order valence-corrected chi connectivity index (χ1v) is 5.76. The van der Waals surface area contributed by atoms with Gasteiger partial charge in [-0.25, -0.2) is 4.79 Å². The van der Waals surface area contributed by atoms with Crippen LogP contribution in [-0.4, -0.2) is 23.0 Å². The zero-order valence-electron chi connectivity index (χ0n) is 8.84. The van der Waals surface area contributed by atoms with Crippen LogP contribution < -0.4 is 5.32 Å². The van der Waals surface area contributed by atoms with E-state index in [1.807, 2.05) is 0 Å². The number of rotatable bonds is 5. The average molecular weight is 239 g/mol. The quantitative estimate of drug-likeness (QED) is 0.771. The second kappa shape index (κ2) is 6.07. The molecule has 0 aliphatic rings. The van der Waals surface area contributed by atoms with Gasteiger partial charge in [-0.05, 0) is 24.8 Å². The van der Waals surface area contributed by atoms with Crippen molar-refractivity contribution < 1.29 is 14.7 Å². The molecule has 0 spiro atoms. The van der Waals surface area contributed by atoms with Crippen LogP contribution in [0.4, 0.5) is 0 Å². The Hall–Kier alpha value is -1.62. The van der Waals surface area contributed by atoms with E-state index >= 15 is 0 Å². The molecule has 2 N–H and O–H groups in total. The van der Waals surface area contributed by atoms with Crippen molar-refractivity contribution in [1.29, 1.82) is 0 Å². The lowest BCUT2D eigenvalue weighted by atomic mass is 10.2. The SMILES string of the molecule is C/C=C/CC(NC(=O)c1ccsc1)C(=O)O. The minimum Gasteiger partial charge on any atom is -0.480 e. The van der Waals surface area contributed by atoms with Crippen LogP contribution in [0.3, 0.4) is 0 Å². The lowest BCUT2D eigenvalue weighted by molar-refractivity contribution is -0.139. The number of nitrogens with one attached hydrogen (secondary N) is 1. The highest BCUT2D eigenvalue weighted by molar-refractivity contribution is 7.08. The molecule has 1 unspecified atom stereocenters. The Morgan fingerprint density at radius 3 is 2.88 bits per heavy atom. The number of carbonyl (C=O) groups excluding carboxylic acids is 1. The predicted molar refractivity (Wildman–Crippen MR) is 62.6 cm³/mol. The van der Waals surface area contributed by atoms with Gasteiger partial charge in [-0.1, -0.05) is 12.2 Å². The fourth-order valence-corrected chi connectivity index (χ4v) is 1.76. The van der Waals surface area contributed by atoms with Crippen LogP contribution in [0.1, 0.15) is 23.7 Å². The van der Waals surface area contributed by atoms with Crippen molar-refractivity contribution in [2.45, 2.75) is 19.4 Å². The molecule has 1 atom stereocenters. The molecule has 0 radical (unpaired) electrons. The van der Waals surface area contributed by atoms with Crippen LogP contribution in [0.5, 0.6) is 0 Å². The Morgan fingerprint density at radius 2 is 2.38 bits per heavy atom. The van der Waals surface area contributed by atoms with Crippen LogP contribution in [0.25, 0.3) is 0 Å². The summed E-state index contributed by atoms with van der Waals surface area (Å²) in [5.41, 5.74) is 0.497. The first kappa shape index (κ1) is 12.4. The summed E-state index contributed by atoms with van der Waals surface area (Å²) in [6, 6.07) is 0.790. The molecule has 0 aliphatic carbocycles. The molecular formula is C11H13NO3S. The summed E-state index contributed by atoms with van der Waals surface area (Å²) in [6.07, 6.45) is 3.76. The van der Waals surface area contributed by atoms with Crippen molar-refractivity contribution in [2.75, 3.05) is 0 Å². The Balaban J connectivity index is 2.61. The minimum atomic E-state index is -1.03. The molecule has 0 saturated heterocycles. The van der Waals surface area contributed by atoms with Crippen molar-refractivity contribution in [1.82, 2.24) is 5.32 Å². The van der Waals surface area contributed by atoms with Crippen molar-refractivity contribution >= 4 is 23.2 Å². The molecule has 0 fully saturated rings. The summed E-state index contributed by atoms with van der Waals surface area (Å²) >= 11 is 1.40. The maximum atomic E-state index is 11.6. The number of amides is 1. The number of allylic oxidation sites excluding steroid dienone is 1. The van der Waals surface area contributed by atoms with Gasteiger partial charge in [0.05, 0.1) is 5.56 Å². The zero-order valence-corrected chi connectivity index (χ0v) is 9.66. The number of carbonyl (C=O) groups is 2. The van der Waals surface area contributed by atoms with Gasteiger partial charge in [-0.15, -0.1) is 0 Å². The lowest BCUT2D eigenvalue weighted by Crippen LogP contribution is -2.40. The number of carboxylic acids is 1. The van der Waals surface area contributed by atoms with Gasteiger partial charge in [0.2, 0.25) is 0 Å². The topological polar surface area (TPSA) is 66.4 Å². The van der Waals surface area contributed by atoms with Crippen molar-refractivity contribution in [3.05, 3.63) is 34.5 Å². The molecule has 0 aromatic carbocycles. The van der Waals surface area contributed by atoms with E-state index < -0.39 is 12.0 Å². The van der Waals surface area contributed by atoms with E-state index in [0.29, 0.717) is 12.0 Å². The van der Waals surface area contributed by atoms with Gasteiger partial charge < -0.3 is 10.4 Å². The second-order valence-electron chi connectivity index (χ2n) is 3.18. The number of carboxylic acid groups (broad SMARTS) is 1. The molecule has 1 amide bonds. The van der Waals surface area contributed by atoms with E-state index in [4.69, 9.17) is 5.11 Å². The number of thiophene rings is 1. The maximum Gasteiger partial charge on any atom is 0.326 e. The molecule has 0 saturated carbocycles. The van der Waals surface area contributed by atoms with E-state index in [1.165, 1.54) is 11.3 Å². The van der Waals surface area contributed by atoms with Gasteiger partial charge in [0.1, 0.15) is 6.04 Å². The Labute approximate surface area is 97.6 Å². The number of hydrogen-bond acceptors (Lipinski definition) is 3. The molecule has 5 heteroatoms. The first-order chi connectivity index (χ1) is 7.65. The molecule has 16 heavy (non-hydrogen) atoms. The van der Waals surface area contributed by atoms with Gasteiger partial charge in [0.25, 0.3) is 5.91 Å². The molecule has 4 nitrogen and oxygen atoms in total. The minimum absolute atomic E-state index is 0.293. The van der Waals surface area contributed by atoms with Crippen molar-refractivity contribution in [3.8, 4) is 0 Å². The van der Waals surface area contributed by atoms with Gasteiger partial charge in [0, 0.05) is 5.38 Å². The van der Waals surface area contributed by atoms with Crippen molar-refractivity contribution in [2.24, 2.45) is 0 Å². The summed E-state index contributed by atoms with van der Waals surface area (Å²) in [4.78, 5) is 22.5. The van der Waals surface area contributed by atoms with E-state index in [-0.39, 0.29) is 5.91 Å². The summed E-state index contributed by atoms with van der Waals surface area (Å²) in [5, 5.41) is 14.8. The van der Waals surface area contributed by atoms with Gasteiger partial charge in [-0.2, -0.15) is 11.3 Å². The molecule has 0 bridgehead atoms. The highest BCUT2D eigenvalue weighted by Crippen LogP contribution is 2.06. The van der Waals surface area contributed by atoms with E-state index in [2.05, 4.69) is 5.32 Å². The van der Waals surface area contributed by atoms with E-state index in [0.717, 1.165) is 0 Å². The van der Waals surface area contributed by atoms with Crippen LogP contribution in [-0.2, 0) is 4.79 Å². The molecule has 1 rings (SSSR count). The Kier molecular flexibility index (Phi) is 4.72. The van der Waals surface area contributed by atoms with Crippen molar-refractivity contribution in [3.63, 3.8) is 0 Å². The fourth-order valence-electron chi connectivity index (χ4n) is 1.13. The van der Waals surface area contributed by atoms with E-state index in [9.17, 15) is 9.59 Å². The molecule has 1 aromatic rings. The van der Waals surface area contributed by atoms with Crippen LogP contribution in [0.15, 0.2) is 29.0 Å². The second-order valence-corrected chi connectivity index (χ2v) is 3.96. The van der Waals surface area contributed by atoms with Crippen LogP contribution in [0, 0.1) is 0 Å². The normalized spacial score (nSPS) is 12.6. The summed E-state index contributed by atoms with van der Waals surface area (Å²) in [7, 11) is 0. The monoisotopic (exact) mass is 239 g/mol. The maximum absolute atomic E-state index is 11.6. The molecule has 0 aliphatic heterocycles. The smallest absolute Gasteiger partial charge is 0.326 e. The molecule has 1 heterocycles. The van der Waals surface area contributed by atoms with Gasteiger partial charge in [0.15, 0.2) is 0 Å². The van der Waals surface area contributed by atoms with E-state index in [1.54, 1.807) is 35.9 Å². The summed E-state index contributed by atoms with van der Waals surface area (Å²) in [5.74, 6) is -1.38. The number of aliphatic carboxylic acids is 1.